The van der Waals surface area contributed by atoms with E-state index in [2.05, 4.69) is 48.5 Å². The normalized spacial score (nSPS) is 59.4. The first-order valence-electron chi connectivity index (χ1n) is 14.2. The molecule has 4 heteroatoms. The highest BCUT2D eigenvalue weighted by Crippen LogP contribution is 2.80. The molecule has 192 valence electrons. The van der Waals surface area contributed by atoms with Gasteiger partial charge < -0.3 is 14.9 Å². The Morgan fingerprint density at radius 1 is 0.794 bits per heavy atom. The van der Waals surface area contributed by atoms with Crippen molar-refractivity contribution in [2.24, 2.45) is 50.2 Å². The van der Waals surface area contributed by atoms with E-state index in [-0.39, 0.29) is 44.9 Å². The van der Waals surface area contributed by atoms with Gasteiger partial charge in [-0.15, -0.1) is 0 Å². The molecule has 10 atom stereocenters. The molecule has 1 unspecified atom stereocenters. The van der Waals surface area contributed by atoms with Crippen molar-refractivity contribution >= 4 is 5.78 Å². The molecule has 0 amide bonds. The third kappa shape index (κ3) is 2.37. The smallest absolute Gasteiger partial charge is 0.168 e. The fourth-order valence-corrected chi connectivity index (χ4v) is 11.8. The molecular formula is C30H48O4. The van der Waals surface area contributed by atoms with E-state index in [0.717, 1.165) is 57.8 Å². The predicted octanol–water partition coefficient (Wildman–Crippen LogP) is 5.88. The number of carbonyl (C=O) groups excluding carboxylic acids is 1. The second-order valence-corrected chi connectivity index (χ2v) is 15.7. The van der Waals surface area contributed by atoms with Gasteiger partial charge in [0.15, 0.2) is 6.29 Å². The number of ketones is 1. The molecule has 0 radical (unpaired) electrons. The molecule has 1 heterocycles. The maximum Gasteiger partial charge on any atom is 0.168 e. The van der Waals surface area contributed by atoms with Crippen LogP contribution in [-0.4, -0.2) is 34.0 Å². The van der Waals surface area contributed by atoms with Gasteiger partial charge in [0.2, 0.25) is 0 Å². The number of fused-ring (bicyclic) bond motifs is 4. The van der Waals surface area contributed by atoms with Crippen LogP contribution in [0.2, 0.25) is 0 Å². The summed E-state index contributed by atoms with van der Waals surface area (Å²) < 4.78 is 6.82. The van der Waals surface area contributed by atoms with E-state index in [1.807, 2.05) is 0 Å². The number of ether oxygens (including phenoxy) is 1. The second kappa shape index (κ2) is 6.51. The Labute approximate surface area is 206 Å². The van der Waals surface area contributed by atoms with E-state index in [0.29, 0.717) is 18.3 Å². The summed E-state index contributed by atoms with van der Waals surface area (Å²) in [5, 5.41) is 22.3. The third-order valence-corrected chi connectivity index (χ3v) is 14.0. The average Bonchev–Trinajstić information content (AvgIpc) is 2.93. The van der Waals surface area contributed by atoms with Crippen LogP contribution in [0.15, 0.2) is 0 Å². The summed E-state index contributed by atoms with van der Waals surface area (Å²) in [5.74, 6) is 1.42. The first-order chi connectivity index (χ1) is 15.6. The molecule has 6 aliphatic rings. The van der Waals surface area contributed by atoms with Crippen LogP contribution in [0, 0.1) is 50.2 Å². The second-order valence-electron chi connectivity index (χ2n) is 15.7. The van der Waals surface area contributed by atoms with Crippen LogP contribution >= 0.6 is 0 Å². The highest BCUT2D eigenvalue weighted by molar-refractivity contribution is 5.89. The highest BCUT2D eigenvalue weighted by Gasteiger charge is 2.82. The minimum Gasteiger partial charge on any atom is -0.393 e. The van der Waals surface area contributed by atoms with Gasteiger partial charge >= 0.3 is 0 Å². The Balaban J connectivity index is 1.48. The highest BCUT2D eigenvalue weighted by atomic mass is 16.6. The average molecular weight is 473 g/mol. The van der Waals surface area contributed by atoms with Crippen molar-refractivity contribution in [1.82, 2.24) is 0 Å². The van der Waals surface area contributed by atoms with E-state index >= 15 is 0 Å². The van der Waals surface area contributed by atoms with Crippen molar-refractivity contribution in [3.8, 4) is 0 Å². The number of aliphatic hydroxyl groups is 2. The Kier molecular flexibility index (Phi) is 4.58. The zero-order valence-corrected chi connectivity index (χ0v) is 22.7. The molecule has 2 N–H and O–H groups in total. The number of rotatable bonds is 0. The van der Waals surface area contributed by atoms with Crippen molar-refractivity contribution in [2.75, 3.05) is 0 Å². The molecule has 1 aliphatic heterocycles. The molecule has 1 saturated heterocycles. The van der Waals surface area contributed by atoms with Crippen LogP contribution in [0.5, 0.6) is 0 Å². The van der Waals surface area contributed by atoms with Crippen LogP contribution in [-0.2, 0) is 9.53 Å². The predicted molar refractivity (Wildman–Crippen MR) is 132 cm³/mol. The van der Waals surface area contributed by atoms with Crippen LogP contribution in [0.4, 0.5) is 0 Å². The van der Waals surface area contributed by atoms with Crippen molar-refractivity contribution in [3.05, 3.63) is 0 Å². The topological polar surface area (TPSA) is 66.8 Å². The van der Waals surface area contributed by atoms with Gasteiger partial charge in [0.05, 0.1) is 17.1 Å². The lowest BCUT2D eigenvalue weighted by atomic mass is 9.30. The zero-order valence-electron chi connectivity index (χ0n) is 22.7. The molecule has 0 aromatic carbocycles. The molecule has 5 aliphatic carbocycles. The van der Waals surface area contributed by atoms with Crippen molar-refractivity contribution in [2.45, 2.75) is 131 Å². The summed E-state index contributed by atoms with van der Waals surface area (Å²) in [5.41, 5.74) is -1.10. The summed E-state index contributed by atoms with van der Waals surface area (Å²) in [6.45, 7) is 16.6. The Hall–Kier alpha value is -0.450. The maximum absolute atomic E-state index is 14.1. The molecule has 4 nitrogen and oxygen atoms in total. The van der Waals surface area contributed by atoms with Gasteiger partial charge in [-0.3, -0.25) is 4.79 Å². The standard InChI is InChI=1S/C30H48O4/c1-24(2)14-15-29-20(16-24)30(34-23(29)33)13-9-19-26(5)11-10-21(31)25(3,4)18(26)8-12-27(19,6)28(30,7)17-22(29)32/h18-21,23,31,33H,8-17H2,1-7H3/t18-,19+,20+,21-,23?,26-,27+,28-,29+,30-/m0/s1. The van der Waals surface area contributed by atoms with E-state index < -0.39 is 17.3 Å². The Bertz CT molecular complexity index is 925. The third-order valence-electron chi connectivity index (χ3n) is 14.0. The van der Waals surface area contributed by atoms with E-state index in [1.165, 1.54) is 0 Å². The van der Waals surface area contributed by atoms with Crippen molar-refractivity contribution in [3.63, 3.8) is 0 Å². The maximum atomic E-state index is 14.1. The summed E-state index contributed by atoms with van der Waals surface area (Å²) >= 11 is 0. The fourth-order valence-electron chi connectivity index (χ4n) is 11.8. The van der Waals surface area contributed by atoms with Crippen LogP contribution in [0.3, 0.4) is 0 Å². The molecule has 0 aromatic heterocycles. The first-order valence-corrected chi connectivity index (χ1v) is 14.2. The van der Waals surface area contributed by atoms with E-state index in [4.69, 9.17) is 4.74 Å². The van der Waals surface area contributed by atoms with Gasteiger partial charge in [0.25, 0.3) is 0 Å². The number of carbonyl (C=O) groups is 1. The summed E-state index contributed by atoms with van der Waals surface area (Å²) in [6, 6.07) is 0. The first kappa shape index (κ1) is 23.9. The molecule has 5 saturated carbocycles. The summed E-state index contributed by atoms with van der Waals surface area (Å²) in [7, 11) is 0. The van der Waals surface area contributed by atoms with Crippen LogP contribution in [0.1, 0.15) is 113 Å². The molecule has 34 heavy (non-hydrogen) atoms. The number of hydrogen-bond donors (Lipinski definition) is 2. The van der Waals surface area contributed by atoms with Crippen LogP contribution < -0.4 is 0 Å². The molecule has 0 aromatic rings. The largest absolute Gasteiger partial charge is 0.393 e. The molecule has 2 bridgehead atoms. The van der Waals surface area contributed by atoms with Gasteiger partial charge in [0, 0.05) is 17.8 Å². The molecule has 1 spiro atoms. The van der Waals surface area contributed by atoms with E-state index in [1.54, 1.807) is 0 Å². The van der Waals surface area contributed by atoms with Crippen molar-refractivity contribution in [1.29, 1.82) is 0 Å². The van der Waals surface area contributed by atoms with E-state index in [9.17, 15) is 15.0 Å². The number of hydrogen-bond acceptors (Lipinski definition) is 4. The number of Topliss-reactive ketones (excluding diaryl/α,β-unsaturated/α-hetero) is 1. The van der Waals surface area contributed by atoms with Gasteiger partial charge in [0.1, 0.15) is 5.78 Å². The van der Waals surface area contributed by atoms with Gasteiger partial charge in [-0.25, -0.2) is 0 Å². The van der Waals surface area contributed by atoms with Gasteiger partial charge in [-0.1, -0.05) is 48.5 Å². The SMILES string of the molecule is CC1(C)CC[C@@]23C(=O)C[C@]4(C)[C@@](CC[C@@H]5[C@@]6(C)CC[C@H](O)C(C)(C)[C@@H]6CC[C@]54C)(OC2O)[C@@H]3C1. The number of aliphatic hydroxyl groups excluding tert-OH is 2. The lowest BCUT2D eigenvalue weighted by molar-refractivity contribution is -0.294. The molecule has 6 fully saturated rings. The summed E-state index contributed by atoms with van der Waals surface area (Å²) in [4.78, 5) is 14.1. The van der Waals surface area contributed by atoms with Gasteiger partial charge in [-0.05, 0) is 91.3 Å². The van der Waals surface area contributed by atoms with Gasteiger partial charge in [-0.2, -0.15) is 0 Å². The Morgan fingerprint density at radius 3 is 2.18 bits per heavy atom. The quantitative estimate of drug-likeness (QED) is 0.462. The minimum absolute atomic E-state index is 0.0116. The Morgan fingerprint density at radius 2 is 1.47 bits per heavy atom. The zero-order chi connectivity index (χ0) is 24.7. The summed E-state index contributed by atoms with van der Waals surface area (Å²) in [6.07, 6.45) is 8.33. The van der Waals surface area contributed by atoms with Crippen molar-refractivity contribution < 1.29 is 19.7 Å². The monoisotopic (exact) mass is 472 g/mol. The minimum atomic E-state index is -0.946. The lowest BCUT2D eigenvalue weighted by Crippen LogP contribution is -2.73. The fraction of sp³-hybridized carbons (Fsp3) is 0.967. The lowest BCUT2D eigenvalue weighted by Gasteiger charge is -2.74. The molecular weight excluding hydrogens is 424 g/mol. The molecule has 6 rings (SSSR count). The van der Waals surface area contributed by atoms with Crippen LogP contribution in [0.25, 0.3) is 0 Å².